The molecular formula is C26H32N6O3. The molecule has 0 atom stereocenters. The summed E-state index contributed by atoms with van der Waals surface area (Å²) in [6.45, 7) is 7.39. The smallest absolute Gasteiger partial charge is 0.269 e. The van der Waals surface area contributed by atoms with E-state index in [1.54, 1.807) is 12.3 Å². The summed E-state index contributed by atoms with van der Waals surface area (Å²) in [7, 11) is 0. The molecule has 3 aromatic heterocycles. The van der Waals surface area contributed by atoms with Crippen molar-refractivity contribution >= 4 is 22.6 Å². The summed E-state index contributed by atoms with van der Waals surface area (Å²) in [6, 6.07) is 7.65. The molecule has 2 N–H and O–H groups in total. The maximum Gasteiger partial charge on any atom is 0.269 e. The summed E-state index contributed by atoms with van der Waals surface area (Å²) in [5.41, 5.74) is 4.87. The van der Waals surface area contributed by atoms with Crippen molar-refractivity contribution in [3.05, 3.63) is 63.8 Å². The molecule has 1 saturated heterocycles. The van der Waals surface area contributed by atoms with Crippen molar-refractivity contribution in [1.82, 2.24) is 25.2 Å². The van der Waals surface area contributed by atoms with E-state index in [-0.39, 0.29) is 11.5 Å². The number of aromatic amines is 1. The van der Waals surface area contributed by atoms with E-state index in [1.807, 2.05) is 31.3 Å². The number of pyridine rings is 3. The molecule has 9 heteroatoms. The molecule has 1 aliphatic heterocycles. The highest BCUT2D eigenvalue weighted by molar-refractivity contribution is 5.92. The number of hydrogen-bond donors (Lipinski definition) is 2. The number of nitrogens with one attached hydrogen (secondary N) is 2. The second kappa shape index (κ2) is 10.5. The second-order valence-electron chi connectivity index (χ2n) is 9.24. The number of nitrogens with zero attached hydrogens (tertiary/aromatic N) is 4. The fourth-order valence-electron chi connectivity index (χ4n) is 4.36. The highest BCUT2D eigenvalue weighted by atomic mass is 16.5. The van der Waals surface area contributed by atoms with E-state index in [1.165, 1.54) is 0 Å². The van der Waals surface area contributed by atoms with Crippen LogP contribution in [0.2, 0.25) is 0 Å². The average molecular weight is 477 g/mol. The minimum absolute atomic E-state index is 0.0349. The fourth-order valence-corrected chi connectivity index (χ4v) is 4.36. The van der Waals surface area contributed by atoms with Gasteiger partial charge in [0.25, 0.3) is 11.5 Å². The van der Waals surface area contributed by atoms with Gasteiger partial charge in [0.1, 0.15) is 5.69 Å². The molecular weight excluding hydrogens is 444 g/mol. The van der Waals surface area contributed by atoms with Crippen LogP contribution >= 0.6 is 0 Å². The maximum absolute atomic E-state index is 12.3. The SMILES string of the molecule is CCc1cc2ncc(CN3CCN(c4ccc(C(=O)NCCOC5CC5)nc4)CC3)cc2[nH]c1=O. The molecule has 2 aliphatic rings. The Labute approximate surface area is 204 Å². The molecule has 1 amide bonds. The Morgan fingerprint density at radius 1 is 1.14 bits per heavy atom. The van der Waals surface area contributed by atoms with Gasteiger partial charge in [0.05, 0.1) is 35.6 Å². The van der Waals surface area contributed by atoms with Gasteiger partial charge in [-0.3, -0.25) is 19.5 Å². The highest BCUT2D eigenvalue weighted by Crippen LogP contribution is 2.23. The van der Waals surface area contributed by atoms with E-state index < -0.39 is 0 Å². The number of ether oxygens (including phenoxy) is 1. The van der Waals surface area contributed by atoms with Gasteiger partial charge in [-0.2, -0.15) is 0 Å². The number of H-pyrrole nitrogens is 1. The number of carbonyl (C=O) groups is 1. The van der Waals surface area contributed by atoms with Crippen LogP contribution in [-0.2, 0) is 17.7 Å². The normalized spacial score (nSPS) is 16.5. The monoisotopic (exact) mass is 476 g/mol. The lowest BCUT2D eigenvalue weighted by atomic mass is 10.1. The van der Waals surface area contributed by atoms with Crippen molar-refractivity contribution in [1.29, 1.82) is 0 Å². The van der Waals surface area contributed by atoms with Gasteiger partial charge in [0, 0.05) is 51.0 Å². The molecule has 5 rings (SSSR count). The van der Waals surface area contributed by atoms with Gasteiger partial charge in [-0.1, -0.05) is 6.92 Å². The van der Waals surface area contributed by atoms with Crippen LogP contribution in [0.3, 0.4) is 0 Å². The summed E-state index contributed by atoms with van der Waals surface area (Å²) in [4.78, 5) is 41.0. The van der Waals surface area contributed by atoms with Crippen LogP contribution < -0.4 is 15.8 Å². The molecule has 3 aromatic rings. The number of hydrogen-bond acceptors (Lipinski definition) is 7. The lowest BCUT2D eigenvalue weighted by Crippen LogP contribution is -2.46. The summed E-state index contributed by atoms with van der Waals surface area (Å²) in [5.74, 6) is -0.169. The van der Waals surface area contributed by atoms with Crippen molar-refractivity contribution in [2.24, 2.45) is 0 Å². The molecule has 184 valence electrons. The van der Waals surface area contributed by atoms with Crippen LogP contribution in [0.1, 0.15) is 41.4 Å². The minimum atomic E-state index is -0.169. The second-order valence-corrected chi connectivity index (χ2v) is 9.24. The van der Waals surface area contributed by atoms with Crippen molar-refractivity contribution < 1.29 is 9.53 Å². The first kappa shape index (κ1) is 23.4. The Hall–Kier alpha value is -3.30. The molecule has 9 nitrogen and oxygen atoms in total. The number of amides is 1. The van der Waals surface area contributed by atoms with E-state index in [2.05, 4.69) is 30.1 Å². The van der Waals surface area contributed by atoms with Gasteiger partial charge in [-0.05, 0) is 49.1 Å². The zero-order valence-electron chi connectivity index (χ0n) is 20.1. The van der Waals surface area contributed by atoms with Gasteiger partial charge in [0.15, 0.2) is 0 Å². The highest BCUT2D eigenvalue weighted by Gasteiger charge is 2.22. The fraction of sp³-hybridized carbons (Fsp3) is 0.462. The predicted molar refractivity (Wildman–Crippen MR) is 135 cm³/mol. The van der Waals surface area contributed by atoms with Gasteiger partial charge in [0.2, 0.25) is 0 Å². The molecule has 35 heavy (non-hydrogen) atoms. The molecule has 1 saturated carbocycles. The van der Waals surface area contributed by atoms with Crippen LogP contribution in [0.5, 0.6) is 0 Å². The maximum atomic E-state index is 12.3. The largest absolute Gasteiger partial charge is 0.376 e. The van der Waals surface area contributed by atoms with Crippen LogP contribution in [0, 0.1) is 0 Å². The van der Waals surface area contributed by atoms with Crippen molar-refractivity contribution in [2.45, 2.75) is 38.8 Å². The number of aryl methyl sites for hydroxylation is 1. The molecule has 4 heterocycles. The van der Waals surface area contributed by atoms with Gasteiger partial charge in [-0.15, -0.1) is 0 Å². The van der Waals surface area contributed by atoms with Crippen molar-refractivity contribution in [2.75, 3.05) is 44.2 Å². The first-order chi connectivity index (χ1) is 17.1. The molecule has 0 bridgehead atoms. The Bertz CT molecular complexity index is 1230. The van der Waals surface area contributed by atoms with Crippen LogP contribution in [0.4, 0.5) is 5.69 Å². The Balaban J connectivity index is 1.11. The topological polar surface area (TPSA) is 103 Å². The number of anilines is 1. The quantitative estimate of drug-likeness (QED) is 0.456. The summed E-state index contributed by atoms with van der Waals surface area (Å²) >= 11 is 0. The van der Waals surface area contributed by atoms with E-state index in [9.17, 15) is 9.59 Å². The van der Waals surface area contributed by atoms with E-state index in [0.717, 1.165) is 73.4 Å². The molecule has 0 aromatic carbocycles. The first-order valence-corrected chi connectivity index (χ1v) is 12.4. The van der Waals surface area contributed by atoms with Crippen LogP contribution in [0.15, 0.2) is 41.5 Å². The number of fused-ring (bicyclic) bond motifs is 1. The van der Waals surface area contributed by atoms with Crippen LogP contribution in [-0.4, -0.2) is 71.2 Å². The number of aromatic nitrogens is 3. The Morgan fingerprint density at radius 3 is 2.69 bits per heavy atom. The third-order valence-corrected chi connectivity index (χ3v) is 6.60. The predicted octanol–water partition coefficient (Wildman–Crippen LogP) is 2.11. The number of piperazine rings is 1. The minimum Gasteiger partial charge on any atom is -0.376 e. The molecule has 2 fully saturated rings. The summed E-state index contributed by atoms with van der Waals surface area (Å²) < 4.78 is 5.55. The zero-order chi connectivity index (χ0) is 24.2. The third-order valence-electron chi connectivity index (χ3n) is 6.60. The zero-order valence-corrected chi connectivity index (χ0v) is 20.1. The molecule has 0 unspecified atom stereocenters. The standard InChI is InChI=1S/C26H32N6O3/c1-2-19-14-23-24(30-25(19)33)13-18(15-28-23)17-31-8-10-32(11-9-31)20-3-6-22(29-16-20)26(34)27-7-12-35-21-4-5-21/h3,6,13-16,21H,2,4-5,7-12,17H2,1H3,(H,27,34)(H,30,33). The third kappa shape index (κ3) is 5.86. The summed E-state index contributed by atoms with van der Waals surface area (Å²) in [5, 5.41) is 2.86. The number of rotatable bonds is 9. The van der Waals surface area contributed by atoms with Gasteiger partial charge < -0.3 is 19.9 Å². The molecule has 1 aliphatic carbocycles. The Morgan fingerprint density at radius 2 is 1.97 bits per heavy atom. The summed E-state index contributed by atoms with van der Waals surface area (Å²) in [6.07, 6.45) is 7.04. The lowest BCUT2D eigenvalue weighted by Gasteiger charge is -2.36. The van der Waals surface area contributed by atoms with Crippen LogP contribution in [0.25, 0.3) is 11.0 Å². The average Bonchev–Trinajstić information content (AvgIpc) is 3.71. The lowest BCUT2D eigenvalue weighted by molar-refractivity contribution is 0.0894. The van der Waals surface area contributed by atoms with Gasteiger partial charge >= 0.3 is 0 Å². The first-order valence-electron chi connectivity index (χ1n) is 12.4. The number of carbonyl (C=O) groups excluding carboxylic acids is 1. The van der Waals surface area contributed by atoms with Crippen molar-refractivity contribution in [3.63, 3.8) is 0 Å². The van der Waals surface area contributed by atoms with E-state index in [0.29, 0.717) is 31.4 Å². The Kier molecular flexibility index (Phi) is 7.06. The van der Waals surface area contributed by atoms with Gasteiger partial charge in [-0.25, -0.2) is 4.98 Å². The van der Waals surface area contributed by atoms with Crippen molar-refractivity contribution in [3.8, 4) is 0 Å². The molecule has 0 radical (unpaired) electrons. The van der Waals surface area contributed by atoms with E-state index >= 15 is 0 Å². The molecule has 0 spiro atoms. The van der Waals surface area contributed by atoms with E-state index in [4.69, 9.17) is 4.74 Å².